The smallest absolute Gasteiger partial charge is 0.0466 e. The van der Waals surface area contributed by atoms with E-state index >= 15 is 0 Å². The Labute approximate surface area is 162 Å². The molecule has 3 aromatic heterocycles. The molecule has 3 aromatic rings. The van der Waals surface area contributed by atoms with Gasteiger partial charge >= 0.3 is 0 Å². The van der Waals surface area contributed by atoms with Crippen molar-refractivity contribution in [2.75, 3.05) is 0 Å². The number of hydrogen-bond acceptors (Lipinski definition) is 3. The van der Waals surface area contributed by atoms with E-state index in [9.17, 15) is 0 Å². The molecule has 0 N–H and O–H groups in total. The molecule has 27 heavy (non-hydrogen) atoms. The van der Waals surface area contributed by atoms with Crippen LogP contribution in [-0.2, 0) is 18.3 Å². The number of rotatable bonds is 6. The fourth-order valence-electron chi connectivity index (χ4n) is 3.46. The van der Waals surface area contributed by atoms with Crippen molar-refractivity contribution < 1.29 is 0 Å². The van der Waals surface area contributed by atoms with E-state index in [-0.39, 0.29) is 5.41 Å². The van der Waals surface area contributed by atoms with Crippen LogP contribution < -0.4 is 0 Å². The van der Waals surface area contributed by atoms with E-state index in [2.05, 4.69) is 80.1 Å². The SMILES string of the molecule is Cc1cc(C)nc(CCC(C)(C)c2cccc(Cc3cccc(C)n3)n2)c1. The lowest BCUT2D eigenvalue weighted by atomic mass is 9.83. The maximum atomic E-state index is 4.96. The standard InChI is InChI=1S/C24H29N3/c1-17-14-19(3)26-22(15-17)12-13-24(4,5)23-11-7-10-21(27-23)16-20-9-6-8-18(2)25-20/h6-11,14-15H,12-13,16H2,1-5H3. The summed E-state index contributed by atoms with van der Waals surface area (Å²) in [6, 6.07) is 16.8. The third-order valence-corrected chi connectivity index (χ3v) is 4.97. The minimum absolute atomic E-state index is 0.00459. The maximum Gasteiger partial charge on any atom is 0.0466 e. The van der Waals surface area contributed by atoms with Crippen LogP contribution in [-0.4, -0.2) is 15.0 Å². The predicted molar refractivity (Wildman–Crippen MR) is 111 cm³/mol. The van der Waals surface area contributed by atoms with Crippen molar-refractivity contribution in [1.29, 1.82) is 0 Å². The highest BCUT2D eigenvalue weighted by Gasteiger charge is 2.22. The molecule has 3 rings (SSSR count). The normalized spacial score (nSPS) is 11.6. The van der Waals surface area contributed by atoms with Crippen molar-refractivity contribution in [2.45, 2.75) is 59.3 Å². The van der Waals surface area contributed by atoms with Gasteiger partial charge in [-0.2, -0.15) is 0 Å². The van der Waals surface area contributed by atoms with E-state index < -0.39 is 0 Å². The largest absolute Gasteiger partial charge is 0.258 e. The number of pyridine rings is 3. The summed E-state index contributed by atoms with van der Waals surface area (Å²) in [5.41, 5.74) is 7.85. The van der Waals surface area contributed by atoms with Gasteiger partial charge in [0.25, 0.3) is 0 Å². The molecule has 0 saturated carbocycles. The fraction of sp³-hybridized carbons (Fsp3) is 0.375. The van der Waals surface area contributed by atoms with E-state index in [0.29, 0.717) is 0 Å². The summed E-state index contributed by atoms with van der Waals surface area (Å²) in [5.74, 6) is 0. The summed E-state index contributed by atoms with van der Waals surface area (Å²) >= 11 is 0. The highest BCUT2D eigenvalue weighted by Crippen LogP contribution is 2.27. The summed E-state index contributed by atoms with van der Waals surface area (Å²) in [4.78, 5) is 14.2. The molecule has 0 atom stereocenters. The highest BCUT2D eigenvalue weighted by molar-refractivity contribution is 5.24. The molecule has 0 spiro atoms. The van der Waals surface area contributed by atoms with Gasteiger partial charge in [0, 0.05) is 46.0 Å². The second kappa shape index (κ2) is 7.99. The topological polar surface area (TPSA) is 38.7 Å². The van der Waals surface area contributed by atoms with E-state index in [1.807, 2.05) is 13.0 Å². The fourth-order valence-corrected chi connectivity index (χ4v) is 3.46. The molecule has 0 fully saturated rings. The minimum atomic E-state index is -0.00459. The van der Waals surface area contributed by atoms with E-state index in [0.717, 1.165) is 47.7 Å². The summed E-state index contributed by atoms with van der Waals surface area (Å²) in [6.07, 6.45) is 2.74. The molecule has 3 nitrogen and oxygen atoms in total. The zero-order chi connectivity index (χ0) is 19.4. The third-order valence-electron chi connectivity index (χ3n) is 4.97. The Kier molecular flexibility index (Phi) is 5.69. The Morgan fingerprint density at radius 1 is 0.741 bits per heavy atom. The second-order valence-electron chi connectivity index (χ2n) is 8.12. The molecule has 0 aliphatic carbocycles. The molecule has 0 unspecified atom stereocenters. The van der Waals surface area contributed by atoms with Crippen molar-refractivity contribution in [3.8, 4) is 0 Å². The predicted octanol–water partition coefficient (Wildman–Crippen LogP) is 5.30. The Balaban J connectivity index is 1.74. The average Bonchev–Trinajstić information content (AvgIpc) is 2.60. The zero-order valence-electron chi connectivity index (χ0n) is 17.1. The number of nitrogens with zero attached hydrogens (tertiary/aromatic N) is 3. The van der Waals surface area contributed by atoms with Gasteiger partial charge in [-0.05, 0) is 75.6 Å². The first kappa shape index (κ1) is 19.2. The van der Waals surface area contributed by atoms with Crippen LogP contribution in [0.5, 0.6) is 0 Å². The number of aromatic nitrogens is 3. The zero-order valence-corrected chi connectivity index (χ0v) is 17.1. The molecule has 3 heteroatoms. The lowest BCUT2D eigenvalue weighted by Crippen LogP contribution is -2.21. The monoisotopic (exact) mass is 359 g/mol. The van der Waals surface area contributed by atoms with Crippen LogP contribution >= 0.6 is 0 Å². The summed E-state index contributed by atoms with van der Waals surface area (Å²) in [7, 11) is 0. The van der Waals surface area contributed by atoms with Gasteiger partial charge in [-0.1, -0.05) is 26.0 Å². The van der Waals surface area contributed by atoms with Gasteiger partial charge in [0.2, 0.25) is 0 Å². The van der Waals surface area contributed by atoms with Crippen LogP contribution in [0.25, 0.3) is 0 Å². The van der Waals surface area contributed by atoms with Crippen LogP contribution in [0.15, 0.2) is 48.5 Å². The third kappa shape index (κ3) is 5.22. The van der Waals surface area contributed by atoms with Crippen molar-refractivity contribution in [3.05, 3.63) is 88.3 Å². The van der Waals surface area contributed by atoms with Crippen LogP contribution in [0.1, 0.15) is 60.0 Å². The molecule has 0 aliphatic heterocycles. The van der Waals surface area contributed by atoms with E-state index in [1.165, 1.54) is 11.3 Å². The van der Waals surface area contributed by atoms with Gasteiger partial charge in [-0.3, -0.25) is 15.0 Å². The van der Waals surface area contributed by atoms with Crippen molar-refractivity contribution in [2.24, 2.45) is 0 Å². The lowest BCUT2D eigenvalue weighted by molar-refractivity contribution is 0.462. The lowest BCUT2D eigenvalue weighted by Gasteiger charge is -2.24. The first-order valence-electron chi connectivity index (χ1n) is 9.65. The molecular formula is C24H29N3. The molecular weight excluding hydrogens is 330 g/mol. The molecule has 0 saturated heterocycles. The van der Waals surface area contributed by atoms with E-state index in [4.69, 9.17) is 4.98 Å². The van der Waals surface area contributed by atoms with Gasteiger partial charge in [0.05, 0.1) is 0 Å². The molecule has 140 valence electrons. The molecule has 0 aromatic carbocycles. The van der Waals surface area contributed by atoms with Crippen molar-refractivity contribution in [3.63, 3.8) is 0 Å². The van der Waals surface area contributed by atoms with Gasteiger partial charge in [-0.15, -0.1) is 0 Å². The second-order valence-corrected chi connectivity index (χ2v) is 8.12. The van der Waals surface area contributed by atoms with Crippen LogP contribution in [0, 0.1) is 20.8 Å². The Hall–Kier alpha value is -2.55. The van der Waals surface area contributed by atoms with Gasteiger partial charge in [0.1, 0.15) is 0 Å². The molecule has 0 amide bonds. The minimum Gasteiger partial charge on any atom is -0.258 e. The first-order valence-corrected chi connectivity index (χ1v) is 9.65. The quantitative estimate of drug-likeness (QED) is 0.599. The van der Waals surface area contributed by atoms with Crippen molar-refractivity contribution >= 4 is 0 Å². The summed E-state index contributed by atoms with van der Waals surface area (Å²) in [5, 5.41) is 0. The van der Waals surface area contributed by atoms with Crippen LogP contribution in [0.3, 0.4) is 0 Å². The van der Waals surface area contributed by atoms with Gasteiger partial charge in [0.15, 0.2) is 0 Å². The molecule has 0 aliphatic rings. The Morgan fingerprint density at radius 3 is 2.11 bits per heavy atom. The molecule has 3 heterocycles. The first-order chi connectivity index (χ1) is 12.8. The molecule has 0 radical (unpaired) electrons. The number of aryl methyl sites for hydroxylation is 4. The van der Waals surface area contributed by atoms with Gasteiger partial charge < -0.3 is 0 Å². The summed E-state index contributed by atoms with van der Waals surface area (Å²) < 4.78 is 0. The highest BCUT2D eigenvalue weighted by atomic mass is 14.8. The van der Waals surface area contributed by atoms with Crippen molar-refractivity contribution in [1.82, 2.24) is 15.0 Å². The van der Waals surface area contributed by atoms with Crippen LogP contribution in [0.2, 0.25) is 0 Å². The average molecular weight is 360 g/mol. The maximum absolute atomic E-state index is 4.96. The van der Waals surface area contributed by atoms with E-state index in [1.54, 1.807) is 0 Å². The van der Waals surface area contributed by atoms with Gasteiger partial charge in [-0.25, -0.2) is 0 Å². The molecule has 0 bridgehead atoms. The van der Waals surface area contributed by atoms with Crippen LogP contribution in [0.4, 0.5) is 0 Å². The summed E-state index contributed by atoms with van der Waals surface area (Å²) in [6.45, 7) is 10.8. The Bertz CT molecular complexity index is 908. The number of hydrogen-bond donors (Lipinski definition) is 0. The Morgan fingerprint density at radius 2 is 1.41 bits per heavy atom.